The lowest BCUT2D eigenvalue weighted by Crippen LogP contribution is -2.53. The molecule has 230 valence electrons. The van der Waals surface area contributed by atoms with Gasteiger partial charge < -0.3 is 19.7 Å². The number of nitrogens with one attached hydrogen (secondary N) is 1. The number of methoxy groups -OCH3 is 2. The van der Waals surface area contributed by atoms with Gasteiger partial charge in [-0.25, -0.2) is 8.42 Å². The number of benzene rings is 3. The lowest BCUT2D eigenvalue weighted by molar-refractivity contribution is -0.139. The third kappa shape index (κ3) is 7.87. The molecule has 1 aliphatic rings. The molecule has 43 heavy (non-hydrogen) atoms. The maximum atomic E-state index is 14.2. The quantitative estimate of drug-likeness (QED) is 0.308. The standard InChI is InChI=1S/C33H41N3O6S/c1-24-12-11-13-26(20-24)22-35(25(2)33(38)34-27-14-7-5-8-15-27)32(37)23-36(43(39,40)29-16-9-6-10-17-29)28-18-19-30(41-3)31(21-28)42-4/h6,9-13,16-21,25,27H,5,7-8,14-15,22-23H2,1-4H3,(H,34,38)/t25-/m0/s1. The molecule has 1 atom stereocenters. The predicted octanol–water partition coefficient (Wildman–Crippen LogP) is 5.07. The summed E-state index contributed by atoms with van der Waals surface area (Å²) in [6, 6.07) is 19.6. The van der Waals surface area contributed by atoms with Gasteiger partial charge >= 0.3 is 0 Å². The number of aryl methyl sites for hydroxylation is 1. The van der Waals surface area contributed by atoms with Gasteiger partial charge in [-0.1, -0.05) is 67.3 Å². The van der Waals surface area contributed by atoms with Crippen LogP contribution in [0.5, 0.6) is 11.5 Å². The number of anilines is 1. The fourth-order valence-electron chi connectivity index (χ4n) is 5.39. The van der Waals surface area contributed by atoms with E-state index < -0.39 is 28.5 Å². The zero-order chi connectivity index (χ0) is 31.0. The minimum atomic E-state index is -4.19. The van der Waals surface area contributed by atoms with E-state index in [1.54, 1.807) is 37.3 Å². The van der Waals surface area contributed by atoms with Crippen molar-refractivity contribution in [1.29, 1.82) is 0 Å². The molecule has 3 aromatic rings. The van der Waals surface area contributed by atoms with Gasteiger partial charge in [0.1, 0.15) is 12.6 Å². The van der Waals surface area contributed by atoms with Crippen molar-refractivity contribution in [2.75, 3.05) is 25.1 Å². The zero-order valence-electron chi connectivity index (χ0n) is 25.3. The van der Waals surface area contributed by atoms with E-state index in [0.717, 1.165) is 47.5 Å². The highest BCUT2D eigenvalue weighted by atomic mass is 32.2. The molecule has 0 spiro atoms. The Labute approximate surface area is 254 Å². The van der Waals surface area contributed by atoms with Crippen LogP contribution in [0.25, 0.3) is 0 Å². The van der Waals surface area contributed by atoms with E-state index in [2.05, 4.69) is 5.32 Å². The highest BCUT2D eigenvalue weighted by Gasteiger charge is 2.33. The first-order chi connectivity index (χ1) is 20.6. The molecule has 9 nitrogen and oxygen atoms in total. The number of hydrogen-bond donors (Lipinski definition) is 1. The van der Waals surface area contributed by atoms with Gasteiger partial charge in [0.05, 0.1) is 24.8 Å². The zero-order valence-corrected chi connectivity index (χ0v) is 26.1. The first-order valence-corrected chi connectivity index (χ1v) is 16.0. The molecule has 0 saturated heterocycles. The van der Waals surface area contributed by atoms with Crippen LogP contribution in [0.15, 0.2) is 77.7 Å². The molecule has 0 aromatic heterocycles. The third-order valence-electron chi connectivity index (χ3n) is 7.82. The second kappa shape index (κ2) is 14.4. The number of carbonyl (C=O) groups is 2. The first-order valence-electron chi connectivity index (χ1n) is 14.6. The van der Waals surface area contributed by atoms with E-state index >= 15 is 0 Å². The molecular weight excluding hydrogens is 566 g/mol. The number of amides is 2. The summed E-state index contributed by atoms with van der Waals surface area (Å²) in [5.41, 5.74) is 2.08. The van der Waals surface area contributed by atoms with E-state index in [1.165, 1.54) is 37.3 Å². The highest BCUT2D eigenvalue weighted by molar-refractivity contribution is 7.92. The molecule has 1 aliphatic carbocycles. The molecule has 1 fully saturated rings. The average Bonchev–Trinajstić information content (AvgIpc) is 3.02. The maximum Gasteiger partial charge on any atom is 0.264 e. The van der Waals surface area contributed by atoms with Crippen molar-refractivity contribution in [2.45, 2.75) is 69.5 Å². The van der Waals surface area contributed by atoms with Crippen LogP contribution in [-0.4, -0.2) is 58.0 Å². The van der Waals surface area contributed by atoms with Crippen molar-refractivity contribution in [3.05, 3.63) is 83.9 Å². The molecular formula is C33H41N3O6S. The number of carbonyl (C=O) groups excluding carboxylic acids is 2. The summed E-state index contributed by atoms with van der Waals surface area (Å²) in [4.78, 5) is 29.2. The van der Waals surface area contributed by atoms with Crippen LogP contribution in [0.4, 0.5) is 5.69 Å². The van der Waals surface area contributed by atoms with Crippen molar-refractivity contribution in [1.82, 2.24) is 10.2 Å². The number of sulfonamides is 1. The van der Waals surface area contributed by atoms with Crippen LogP contribution in [0, 0.1) is 6.92 Å². The lowest BCUT2D eigenvalue weighted by atomic mass is 9.95. The first kappa shape index (κ1) is 31.9. The fourth-order valence-corrected chi connectivity index (χ4v) is 6.81. The smallest absolute Gasteiger partial charge is 0.264 e. The number of ether oxygens (including phenoxy) is 2. The van der Waals surface area contributed by atoms with E-state index in [9.17, 15) is 18.0 Å². The Balaban J connectivity index is 1.71. The maximum absolute atomic E-state index is 14.2. The summed E-state index contributed by atoms with van der Waals surface area (Å²) in [6.45, 7) is 3.27. The second-order valence-corrected chi connectivity index (χ2v) is 12.8. The van der Waals surface area contributed by atoms with Crippen LogP contribution < -0.4 is 19.1 Å². The predicted molar refractivity (Wildman–Crippen MR) is 167 cm³/mol. The SMILES string of the molecule is COc1ccc(N(CC(=O)N(Cc2cccc(C)c2)[C@@H](C)C(=O)NC2CCCCC2)S(=O)(=O)c2ccccc2)cc1OC. The van der Waals surface area contributed by atoms with Crippen molar-refractivity contribution in [3.8, 4) is 11.5 Å². The van der Waals surface area contributed by atoms with Crippen molar-refractivity contribution >= 4 is 27.5 Å². The minimum absolute atomic E-state index is 0.0332. The molecule has 0 aliphatic heterocycles. The van der Waals surface area contributed by atoms with Crippen molar-refractivity contribution in [3.63, 3.8) is 0 Å². The van der Waals surface area contributed by atoms with Gasteiger partial charge in [-0.15, -0.1) is 0 Å². The summed E-state index contributed by atoms with van der Waals surface area (Å²) in [5.74, 6) is -0.0279. The van der Waals surface area contributed by atoms with Gasteiger partial charge in [-0.2, -0.15) is 0 Å². The van der Waals surface area contributed by atoms with Crippen LogP contribution in [0.1, 0.15) is 50.2 Å². The average molecular weight is 608 g/mol. The molecule has 10 heteroatoms. The molecule has 0 heterocycles. The number of nitrogens with zero attached hydrogens (tertiary/aromatic N) is 2. The highest BCUT2D eigenvalue weighted by Crippen LogP contribution is 2.34. The lowest BCUT2D eigenvalue weighted by Gasteiger charge is -2.33. The molecule has 3 aromatic carbocycles. The Hall–Kier alpha value is -4.05. The molecule has 0 bridgehead atoms. The minimum Gasteiger partial charge on any atom is -0.493 e. The summed E-state index contributed by atoms with van der Waals surface area (Å²) in [5, 5.41) is 3.12. The van der Waals surface area contributed by atoms with E-state index in [1.807, 2.05) is 31.2 Å². The van der Waals surface area contributed by atoms with Gasteiger partial charge in [0.15, 0.2) is 11.5 Å². The summed E-state index contributed by atoms with van der Waals surface area (Å²) in [6.07, 6.45) is 5.09. The molecule has 1 saturated carbocycles. The normalized spacial score (nSPS) is 14.4. The van der Waals surface area contributed by atoms with Crippen molar-refractivity contribution < 1.29 is 27.5 Å². The largest absolute Gasteiger partial charge is 0.493 e. The molecule has 0 unspecified atom stereocenters. The molecule has 2 amide bonds. The van der Waals surface area contributed by atoms with E-state index in [4.69, 9.17) is 9.47 Å². The van der Waals surface area contributed by atoms with Gasteiger partial charge in [0.2, 0.25) is 11.8 Å². The van der Waals surface area contributed by atoms with Gasteiger partial charge in [-0.05, 0) is 56.5 Å². The van der Waals surface area contributed by atoms with Crippen LogP contribution in [-0.2, 0) is 26.2 Å². The Morgan fingerprint density at radius 1 is 0.907 bits per heavy atom. The third-order valence-corrected chi connectivity index (χ3v) is 9.61. The van der Waals surface area contributed by atoms with Crippen LogP contribution in [0.2, 0.25) is 0 Å². The fraction of sp³-hybridized carbons (Fsp3) is 0.394. The number of rotatable bonds is 12. The van der Waals surface area contributed by atoms with E-state index in [-0.39, 0.29) is 29.1 Å². The Kier molecular flexibility index (Phi) is 10.7. The molecule has 4 rings (SSSR count). The van der Waals surface area contributed by atoms with E-state index in [0.29, 0.717) is 11.5 Å². The second-order valence-electron chi connectivity index (χ2n) is 10.9. The van der Waals surface area contributed by atoms with Crippen molar-refractivity contribution in [2.24, 2.45) is 0 Å². The van der Waals surface area contributed by atoms with Gasteiger partial charge in [0.25, 0.3) is 10.0 Å². The summed E-state index contributed by atoms with van der Waals surface area (Å²) < 4.78 is 39.9. The Bertz CT molecular complexity index is 1510. The van der Waals surface area contributed by atoms with Crippen LogP contribution in [0.3, 0.4) is 0 Å². The summed E-state index contributed by atoms with van der Waals surface area (Å²) in [7, 11) is -1.24. The van der Waals surface area contributed by atoms with Gasteiger partial charge in [-0.3, -0.25) is 13.9 Å². The Morgan fingerprint density at radius 2 is 1.60 bits per heavy atom. The number of hydrogen-bond acceptors (Lipinski definition) is 6. The molecule has 0 radical (unpaired) electrons. The summed E-state index contributed by atoms with van der Waals surface area (Å²) >= 11 is 0. The van der Waals surface area contributed by atoms with Crippen LogP contribution >= 0.6 is 0 Å². The van der Waals surface area contributed by atoms with Gasteiger partial charge in [0, 0.05) is 18.7 Å². The monoisotopic (exact) mass is 607 g/mol. The topological polar surface area (TPSA) is 105 Å². The Morgan fingerprint density at radius 3 is 2.26 bits per heavy atom. The molecule has 1 N–H and O–H groups in total.